The Bertz CT molecular complexity index is 756. The summed E-state index contributed by atoms with van der Waals surface area (Å²) < 4.78 is 26.0. The minimum atomic E-state index is -3.20. The number of carbonyl (C=O) groups excluding carboxylic acids is 2. The normalized spacial score (nSPS) is 30.3. The summed E-state index contributed by atoms with van der Waals surface area (Å²) in [6, 6.07) is 0.0365. The maximum atomic E-state index is 13.1. The maximum Gasteiger partial charge on any atom is 0.254 e. The van der Waals surface area contributed by atoms with Crippen LogP contribution in [0.5, 0.6) is 0 Å². The Morgan fingerprint density at radius 1 is 1.03 bits per heavy atom. The molecule has 1 saturated carbocycles. The molecule has 3 aliphatic heterocycles. The number of piperazine rings is 1. The van der Waals surface area contributed by atoms with Crippen molar-refractivity contribution in [1.29, 1.82) is 0 Å². The van der Waals surface area contributed by atoms with E-state index >= 15 is 0 Å². The number of fused-ring (bicyclic) bond motifs is 2. The molecule has 0 spiro atoms. The number of carbonyl (C=O) groups is 2. The Kier molecular flexibility index (Phi) is 5.67. The average Bonchev–Trinajstić information content (AvgIpc) is 3.43. The highest BCUT2D eigenvalue weighted by Gasteiger charge is 2.52. The van der Waals surface area contributed by atoms with Gasteiger partial charge in [-0.2, -0.15) is 0 Å². The Balaban J connectivity index is 1.32. The summed E-state index contributed by atoms with van der Waals surface area (Å²) in [4.78, 5) is 29.6. The van der Waals surface area contributed by atoms with Crippen molar-refractivity contribution in [2.45, 2.75) is 76.0 Å². The van der Waals surface area contributed by atoms with Gasteiger partial charge in [-0.3, -0.25) is 9.59 Å². The molecule has 0 aromatic rings. The van der Waals surface area contributed by atoms with E-state index in [0.29, 0.717) is 58.3 Å². The van der Waals surface area contributed by atoms with E-state index in [-0.39, 0.29) is 35.6 Å². The van der Waals surface area contributed by atoms with Crippen LogP contribution in [-0.4, -0.2) is 89.1 Å². The van der Waals surface area contributed by atoms with E-state index in [2.05, 4.69) is 0 Å². The predicted molar refractivity (Wildman–Crippen MR) is 107 cm³/mol. The molecule has 0 aromatic carbocycles. The molecule has 3 heterocycles. The monoisotopic (exact) mass is 427 g/mol. The van der Waals surface area contributed by atoms with Crippen LogP contribution < -0.4 is 0 Å². The molecule has 2 bridgehead atoms. The lowest BCUT2D eigenvalue weighted by atomic mass is 9.96. The Morgan fingerprint density at radius 2 is 1.62 bits per heavy atom. The van der Waals surface area contributed by atoms with Crippen molar-refractivity contribution >= 4 is 21.8 Å². The largest absolute Gasteiger partial charge is 0.380 e. The summed E-state index contributed by atoms with van der Waals surface area (Å²) in [6.45, 7) is 3.74. The molecule has 164 valence electrons. The standard InChI is InChI=1S/C20H33N3O5S/c1-2-11-29(27,28)21-9-5-15(6-10-21)18(24)22-13-17-12-16(22)14-23(17)19(25)20(26)7-3-4-8-20/h15-17,26H,2-14H2,1H3/t16-,17-/m0/s1. The number of hydrogen-bond acceptors (Lipinski definition) is 5. The van der Waals surface area contributed by atoms with Crippen molar-refractivity contribution in [3.8, 4) is 0 Å². The summed E-state index contributed by atoms with van der Waals surface area (Å²) in [7, 11) is -3.20. The van der Waals surface area contributed by atoms with Crippen LogP contribution in [0, 0.1) is 5.92 Å². The highest BCUT2D eigenvalue weighted by Crippen LogP contribution is 2.38. The van der Waals surface area contributed by atoms with Crippen LogP contribution >= 0.6 is 0 Å². The molecule has 1 aliphatic carbocycles. The van der Waals surface area contributed by atoms with Crippen LogP contribution in [0.4, 0.5) is 0 Å². The molecular formula is C20H33N3O5S. The van der Waals surface area contributed by atoms with E-state index in [1.807, 2.05) is 11.8 Å². The summed E-state index contributed by atoms with van der Waals surface area (Å²) in [5, 5.41) is 10.6. The van der Waals surface area contributed by atoms with Crippen LogP contribution in [0.25, 0.3) is 0 Å². The minimum absolute atomic E-state index is 0.00564. The second kappa shape index (κ2) is 7.81. The number of aliphatic hydroxyl groups is 1. The highest BCUT2D eigenvalue weighted by atomic mass is 32.2. The molecule has 4 fully saturated rings. The quantitative estimate of drug-likeness (QED) is 0.691. The second-order valence-electron chi connectivity index (χ2n) is 9.22. The zero-order valence-corrected chi connectivity index (χ0v) is 18.1. The van der Waals surface area contributed by atoms with Gasteiger partial charge in [0, 0.05) is 32.1 Å². The first-order chi connectivity index (χ1) is 13.7. The molecule has 1 N–H and O–H groups in total. The van der Waals surface area contributed by atoms with Gasteiger partial charge in [0.05, 0.1) is 17.8 Å². The maximum absolute atomic E-state index is 13.1. The fraction of sp³-hybridized carbons (Fsp3) is 0.900. The number of nitrogens with zero attached hydrogens (tertiary/aromatic N) is 3. The Labute approximate surface area is 173 Å². The number of amides is 2. The van der Waals surface area contributed by atoms with Crippen molar-refractivity contribution in [2.24, 2.45) is 5.92 Å². The molecule has 0 radical (unpaired) electrons. The molecule has 2 atom stereocenters. The summed E-state index contributed by atoms with van der Waals surface area (Å²) >= 11 is 0. The fourth-order valence-corrected chi connectivity index (χ4v) is 7.17. The highest BCUT2D eigenvalue weighted by molar-refractivity contribution is 7.89. The molecule has 0 aromatic heterocycles. The van der Waals surface area contributed by atoms with Gasteiger partial charge in [-0.1, -0.05) is 6.92 Å². The predicted octanol–water partition coefficient (Wildman–Crippen LogP) is 0.555. The van der Waals surface area contributed by atoms with Crippen LogP contribution in [0.1, 0.15) is 58.3 Å². The number of rotatable bonds is 5. The van der Waals surface area contributed by atoms with Gasteiger partial charge in [-0.25, -0.2) is 12.7 Å². The number of likely N-dealkylation sites (tertiary alicyclic amines) is 2. The van der Waals surface area contributed by atoms with E-state index in [4.69, 9.17) is 0 Å². The van der Waals surface area contributed by atoms with Crippen LogP contribution in [-0.2, 0) is 19.6 Å². The molecule has 8 nitrogen and oxygen atoms in total. The first-order valence-corrected chi connectivity index (χ1v) is 12.7. The van der Waals surface area contributed by atoms with Crippen molar-refractivity contribution < 1.29 is 23.1 Å². The molecule has 2 amide bonds. The summed E-state index contributed by atoms with van der Waals surface area (Å²) in [5.74, 6) is -0.0103. The van der Waals surface area contributed by atoms with Crippen molar-refractivity contribution in [2.75, 3.05) is 31.9 Å². The van der Waals surface area contributed by atoms with Crippen LogP contribution in [0.3, 0.4) is 0 Å². The van der Waals surface area contributed by atoms with Crippen molar-refractivity contribution in [3.05, 3.63) is 0 Å². The molecule has 0 unspecified atom stereocenters. The van der Waals surface area contributed by atoms with Crippen LogP contribution in [0.2, 0.25) is 0 Å². The van der Waals surface area contributed by atoms with Crippen LogP contribution in [0.15, 0.2) is 0 Å². The topological polar surface area (TPSA) is 98.2 Å². The smallest absolute Gasteiger partial charge is 0.254 e. The number of sulfonamides is 1. The SMILES string of the molecule is CCCS(=O)(=O)N1CCC(C(=O)N2C[C@@H]3C[C@H]2CN3C(=O)C2(O)CCCC2)CC1. The minimum Gasteiger partial charge on any atom is -0.380 e. The van der Waals surface area contributed by atoms with Gasteiger partial charge in [-0.15, -0.1) is 0 Å². The van der Waals surface area contributed by atoms with Crippen molar-refractivity contribution in [3.63, 3.8) is 0 Å². The van der Waals surface area contributed by atoms with Crippen molar-refractivity contribution in [1.82, 2.24) is 14.1 Å². The molecular weight excluding hydrogens is 394 g/mol. The zero-order chi connectivity index (χ0) is 20.8. The van der Waals surface area contributed by atoms with E-state index in [9.17, 15) is 23.1 Å². The summed E-state index contributed by atoms with van der Waals surface area (Å²) in [6.07, 6.45) is 5.39. The third-order valence-corrected chi connectivity index (χ3v) is 9.35. The fourth-order valence-electron chi connectivity index (χ4n) is 5.63. The summed E-state index contributed by atoms with van der Waals surface area (Å²) in [5.41, 5.74) is -1.20. The van der Waals surface area contributed by atoms with Gasteiger partial charge >= 0.3 is 0 Å². The van der Waals surface area contributed by atoms with Gasteiger partial charge < -0.3 is 14.9 Å². The first-order valence-electron chi connectivity index (χ1n) is 11.1. The molecule has 4 rings (SSSR count). The van der Waals surface area contributed by atoms with E-state index < -0.39 is 15.6 Å². The second-order valence-corrected chi connectivity index (χ2v) is 11.3. The number of piperidine rings is 1. The Morgan fingerprint density at radius 3 is 2.17 bits per heavy atom. The van der Waals surface area contributed by atoms with Gasteiger partial charge in [0.25, 0.3) is 5.91 Å². The third-order valence-electron chi connectivity index (χ3n) is 7.27. The Hall–Kier alpha value is -1.19. The van der Waals surface area contributed by atoms with Gasteiger partial charge in [-0.05, 0) is 51.4 Å². The van der Waals surface area contributed by atoms with E-state index in [1.54, 1.807) is 4.90 Å². The number of hydrogen-bond donors (Lipinski definition) is 1. The molecule has 3 saturated heterocycles. The first kappa shape index (κ1) is 21.1. The molecule has 4 aliphatic rings. The zero-order valence-electron chi connectivity index (χ0n) is 17.3. The lowest BCUT2D eigenvalue weighted by molar-refractivity contribution is -0.155. The average molecular weight is 428 g/mol. The van der Waals surface area contributed by atoms with E-state index in [1.165, 1.54) is 4.31 Å². The van der Waals surface area contributed by atoms with E-state index in [0.717, 1.165) is 19.3 Å². The molecule has 9 heteroatoms. The van der Waals surface area contributed by atoms with Gasteiger partial charge in [0.2, 0.25) is 15.9 Å². The lowest BCUT2D eigenvalue weighted by Gasteiger charge is -2.39. The van der Waals surface area contributed by atoms with Gasteiger partial charge in [0.1, 0.15) is 5.60 Å². The van der Waals surface area contributed by atoms with Gasteiger partial charge in [0.15, 0.2) is 0 Å². The lowest BCUT2D eigenvalue weighted by Crippen LogP contribution is -2.57. The third kappa shape index (κ3) is 3.81. The molecule has 29 heavy (non-hydrogen) atoms.